The van der Waals surface area contributed by atoms with Gasteiger partial charge >= 0.3 is 5.97 Å². The van der Waals surface area contributed by atoms with Gasteiger partial charge in [0.2, 0.25) is 17.7 Å². The summed E-state index contributed by atoms with van der Waals surface area (Å²) >= 11 is 0. The molecule has 8 nitrogen and oxygen atoms in total. The third-order valence-corrected chi connectivity index (χ3v) is 3.69. The maximum Gasteiger partial charge on any atom is 0.325 e. The van der Waals surface area contributed by atoms with Crippen molar-refractivity contribution in [3.05, 3.63) is 35.9 Å². The van der Waals surface area contributed by atoms with E-state index < -0.39 is 35.9 Å². The molecule has 1 saturated heterocycles. The molecule has 1 heterocycles. The minimum atomic E-state index is -1.18. The van der Waals surface area contributed by atoms with Gasteiger partial charge in [-0.2, -0.15) is 0 Å². The Morgan fingerprint density at radius 2 is 1.71 bits per heavy atom. The minimum absolute atomic E-state index is 0.312. The highest BCUT2D eigenvalue weighted by molar-refractivity contribution is 5.99. The number of benzene rings is 1. The van der Waals surface area contributed by atoms with Crippen molar-refractivity contribution < 1.29 is 24.3 Å². The number of aliphatic carboxylic acids is 1. The Kier molecular flexibility index (Phi) is 5.51. The van der Waals surface area contributed by atoms with Gasteiger partial charge in [0.05, 0.1) is 6.42 Å². The molecule has 1 aliphatic rings. The van der Waals surface area contributed by atoms with Gasteiger partial charge in [0.15, 0.2) is 0 Å². The summed E-state index contributed by atoms with van der Waals surface area (Å²) in [7, 11) is 0. The maximum atomic E-state index is 12.1. The zero-order valence-corrected chi connectivity index (χ0v) is 13.1. The number of nitrogens with one attached hydrogen (secondary N) is 3. The highest BCUT2D eigenvalue weighted by atomic mass is 16.4. The van der Waals surface area contributed by atoms with Crippen LogP contribution in [0.5, 0.6) is 0 Å². The molecule has 0 saturated carbocycles. The minimum Gasteiger partial charge on any atom is -0.480 e. The average molecular weight is 333 g/mol. The Morgan fingerprint density at radius 3 is 2.33 bits per heavy atom. The molecule has 1 aromatic carbocycles. The predicted molar refractivity (Wildman–Crippen MR) is 83.9 cm³/mol. The molecule has 0 aromatic heterocycles. The van der Waals surface area contributed by atoms with Gasteiger partial charge in [0.1, 0.15) is 18.1 Å². The number of piperazine rings is 1. The molecule has 0 unspecified atom stereocenters. The second-order valence-corrected chi connectivity index (χ2v) is 5.64. The first-order valence-corrected chi connectivity index (χ1v) is 7.53. The van der Waals surface area contributed by atoms with Crippen LogP contribution in [-0.2, 0) is 25.6 Å². The molecule has 8 heteroatoms. The van der Waals surface area contributed by atoms with Gasteiger partial charge in [-0.15, -0.1) is 0 Å². The second-order valence-electron chi connectivity index (χ2n) is 5.64. The molecule has 0 spiro atoms. The quantitative estimate of drug-likeness (QED) is 0.542. The highest BCUT2D eigenvalue weighted by Crippen LogP contribution is 2.08. The zero-order valence-electron chi connectivity index (χ0n) is 13.1. The van der Waals surface area contributed by atoms with E-state index in [0.29, 0.717) is 6.42 Å². The molecule has 1 aromatic rings. The van der Waals surface area contributed by atoms with Crippen LogP contribution in [0.3, 0.4) is 0 Å². The summed E-state index contributed by atoms with van der Waals surface area (Å²) in [6, 6.07) is 6.48. The fraction of sp³-hybridized carbons (Fsp3) is 0.375. The largest absolute Gasteiger partial charge is 0.480 e. The number of amides is 3. The van der Waals surface area contributed by atoms with Crippen LogP contribution in [0.1, 0.15) is 18.9 Å². The molecule has 3 atom stereocenters. The molecule has 1 fully saturated rings. The van der Waals surface area contributed by atoms with Crippen molar-refractivity contribution in [2.24, 2.45) is 0 Å². The lowest BCUT2D eigenvalue weighted by Gasteiger charge is -2.29. The molecular weight excluding hydrogens is 314 g/mol. The van der Waals surface area contributed by atoms with E-state index in [1.54, 1.807) is 0 Å². The topological polar surface area (TPSA) is 125 Å². The third-order valence-electron chi connectivity index (χ3n) is 3.69. The maximum absolute atomic E-state index is 12.1. The summed E-state index contributed by atoms with van der Waals surface area (Å²) in [4.78, 5) is 46.6. The summed E-state index contributed by atoms with van der Waals surface area (Å²) in [5.74, 6) is -2.63. The number of rotatable bonds is 6. The van der Waals surface area contributed by atoms with Gasteiger partial charge < -0.3 is 21.1 Å². The lowest BCUT2D eigenvalue weighted by atomic mass is 10.0. The van der Waals surface area contributed by atoms with E-state index in [1.807, 2.05) is 30.3 Å². The molecule has 0 radical (unpaired) electrons. The fourth-order valence-electron chi connectivity index (χ4n) is 2.36. The molecular formula is C16H19N3O5. The van der Waals surface area contributed by atoms with E-state index in [9.17, 15) is 19.2 Å². The van der Waals surface area contributed by atoms with Crippen LogP contribution in [0, 0.1) is 0 Å². The molecule has 1 aliphatic heterocycles. The van der Waals surface area contributed by atoms with E-state index >= 15 is 0 Å². The summed E-state index contributed by atoms with van der Waals surface area (Å²) in [5, 5.41) is 16.1. The third kappa shape index (κ3) is 4.55. The standard InChI is InChI=1S/C16H19N3O5/c1-9(16(23)24)17-13(20)8-12-15(22)18-11(14(21)19-12)7-10-5-3-2-4-6-10/h2-6,9,11-12H,7-8H2,1H3,(H,17,20)(H,18,22)(H,19,21)(H,23,24)/t9-,11+,12+/m1/s1. The zero-order chi connectivity index (χ0) is 17.7. The van der Waals surface area contributed by atoms with Crippen molar-refractivity contribution in [1.82, 2.24) is 16.0 Å². The van der Waals surface area contributed by atoms with Crippen molar-refractivity contribution >= 4 is 23.7 Å². The van der Waals surface area contributed by atoms with E-state index in [1.165, 1.54) is 6.92 Å². The van der Waals surface area contributed by atoms with Gasteiger partial charge in [0.25, 0.3) is 0 Å². The van der Waals surface area contributed by atoms with E-state index in [-0.39, 0.29) is 12.3 Å². The second kappa shape index (κ2) is 7.58. The SMILES string of the molecule is C[C@@H](NC(=O)C[C@@H]1NC(=O)[C@H](Cc2ccccc2)NC1=O)C(=O)O. The Bertz CT molecular complexity index is 646. The van der Waals surface area contributed by atoms with E-state index in [2.05, 4.69) is 16.0 Å². The highest BCUT2D eigenvalue weighted by Gasteiger charge is 2.35. The van der Waals surface area contributed by atoms with Gasteiger partial charge in [-0.3, -0.25) is 19.2 Å². The van der Waals surface area contributed by atoms with Crippen LogP contribution in [0.4, 0.5) is 0 Å². The van der Waals surface area contributed by atoms with Crippen molar-refractivity contribution in [1.29, 1.82) is 0 Å². The number of carbonyl (C=O) groups is 4. The fourth-order valence-corrected chi connectivity index (χ4v) is 2.36. The summed E-state index contributed by atoms with van der Waals surface area (Å²) < 4.78 is 0. The molecule has 2 rings (SSSR count). The van der Waals surface area contributed by atoms with Crippen LogP contribution in [-0.4, -0.2) is 46.9 Å². The Morgan fingerprint density at radius 1 is 1.12 bits per heavy atom. The van der Waals surface area contributed by atoms with E-state index in [4.69, 9.17) is 5.11 Å². The van der Waals surface area contributed by atoms with Crippen LogP contribution in [0.25, 0.3) is 0 Å². The van der Waals surface area contributed by atoms with Crippen LogP contribution < -0.4 is 16.0 Å². The number of carboxylic acid groups (broad SMARTS) is 1. The molecule has 128 valence electrons. The summed E-state index contributed by atoms with van der Waals surface area (Å²) in [6.07, 6.45) is 0.0423. The number of hydrogen-bond donors (Lipinski definition) is 4. The van der Waals surface area contributed by atoms with Crippen molar-refractivity contribution in [2.45, 2.75) is 37.9 Å². The first kappa shape index (κ1) is 17.5. The monoisotopic (exact) mass is 333 g/mol. The average Bonchev–Trinajstić information content (AvgIpc) is 2.53. The van der Waals surface area contributed by atoms with Gasteiger partial charge in [-0.05, 0) is 12.5 Å². The molecule has 4 N–H and O–H groups in total. The first-order valence-electron chi connectivity index (χ1n) is 7.53. The number of hydrogen-bond acceptors (Lipinski definition) is 4. The Hall–Kier alpha value is -2.90. The first-order chi connectivity index (χ1) is 11.4. The number of carboxylic acids is 1. The normalized spacial score (nSPS) is 21.4. The number of carbonyl (C=O) groups excluding carboxylic acids is 3. The van der Waals surface area contributed by atoms with Crippen molar-refractivity contribution in [2.75, 3.05) is 0 Å². The van der Waals surface area contributed by atoms with Crippen LogP contribution >= 0.6 is 0 Å². The Balaban J connectivity index is 1.91. The van der Waals surface area contributed by atoms with Gasteiger partial charge in [-0.25, -0.2) is 0 Å². The van der Waals surface area contributed by atoms with E-state index in [0.717, 1.165) is 5.56 Å². The van der Waals surface area contributed by atoms with Gasteiger partial charge in [0, 0.05) is 6.42 Å². The summed E-state index contributed by atoms with van der Waals surface area (Å²) in [5.41, 5.74) is 0.907. The van der Waals surface area contributed by atoms with Crippen molar-refractivity contribution in [3.63, 3.8) is 0 Å². The Labute approximate surface area is 138 Å². The smallest absolute Gasteiger partial charge is 0.325 e. The lowest BCUT2D eigenvalue weighted by Crippen LogP contribution is -2.63. The van der Waals surface area contributed by atoms with Crippen LogP contribution in [0.2, 0.25) is 0 Å². The summed E-state index contributed by atoms with van der Waals surface area (Å²) in [6.45, 7) is 1.32. The molecule has 0 aliphatic carbocycles. The molecule has 3 amide bonds. The molecule has 24 heavy (non-hydrogen) atoms. The lowest BCUT2D eigenvalue weighted by molar-refractivity contribution is -0.142. The van der Waals surface area contributed by atoms with Gasteiger partial charge in [-0.1, -0.05) is 30.3 Å². The van der Waals surface area contributed by atoms with Crippen molar-refractivity contribution in [3.8, 4) is 0 Å². The predicted octanol–water partition coefficient (Wildman–Crippen LogP) is -0.808. The van der Waals surface area contributed by atoms with Crippen LogP contribution in [0.15, 0.2) is 30.3 Å². The molecule has 0 bridgehead atoms.